The number of rotatable bonds is 4. The molecule has 2 nitrogen and oxygen atoms in total. The fourth-order valence-electron chi connectivity index (χ4n) is 5.05. The molecule has 0 fully saturated rings. The second kappa shape index (κ2) is 9.78. The summed E-state index contributed by atoms with van der Waals surface area (Å²) in [6.07, 6.45) is -0.607. The van der Waals surface area contributed by atoms with E-state index >= 15 is 0 Å². The number of aromatic nitrogens is 1. The second-order valence-corrected chi connectivity index (χ2v) is 11.0. The Hall–Kier alpha value is -4.17. The molecule has 0 unspecified atom stereocenters. The Morgan fingerprint density at radius 1 is 0.725 bits per heavy atom. The van der Waals surface area contributed by atoms with E-state index in [1.807, 2.05) is 0 Å². The fourth-order valence-corrected chi connectivity index (χ4v) is 5.05. The van der Waals surface area contributed by atoms with Crippen molar-refractivity contribution < 1.29 is 23.6 Å². The van der Waals surface area contributed by atoms with Crippen LogP contribution >= 0.6 is 0 Å². The molecular weight excluding hydrogens is 486 g/mol. The Kier molecular flexibility index (Phi) is 3.54. The quantitative estimate of drug-likeness (QED) is 0.223. The first-order chi connectivity index (χ1) is 24.7. The first kappa shape index (κ1) is 14.5. The van der Waals surface area contributed by atoms with Crippen LogP contribution in [0.5, 0.6) is 0 Å². The molecule has 0 N–H and O–H groups in total. The van der Waals surface area contributed by atoms with E-state index in [1.54, 1.807) is 69.3 Å². The van der Waals surface area contributed by atoms with Crippen LogP contribution in [0.15, 0.2) is 89.5 Å². The van der Waals surface area contributed by atoms with Gasteiger partial charge in [0.05, 0.1) is 5.69 Å². The standard InChI is InChI=1S/C38H37NO/c1-23-11-16-29-30-9-8-10-31(37(30)40-36(29)17-23)35-20-34(26(4)22-39-35)33-19-24(2)32(18-25(33)3)28-14-12-27(13-15-28)21-38(5,6)7/h8-20,22H,21H2,1-7H3/i1D3,2D3,3D3,4D3,21D2. The molecule has 2 aromatic heterocycles. The van der Waals surface area contributed by atoms with Crippen molar-refractivity contribution in [2.24, 2.45) is 5.41 Å². The average molecular weight is 538 g/mol. The van der Waals surface area contributed by atoms with Crippen molar-refractivity contribution in [1.29, 1.82) is 0 Å². The molecule has 200 valence electrons. The van der Waals surface area contributed by atoms with E-state index in [9.17, 15) is 0 Å². The molecule has 0 saturated carbocycles. The summed E-state index contributed by atoms with van der Waals surface area (Å²) >= 11 is 0. The van der Waals surface area contributed by atoms with Crippen molar-refractivity contribution >= 4 is 21.9 Å². The molecule has 0 atom stereocenters. The minimum absolute atomic E-state index is 0.0605. The topological polar surface area (TPSA) is 26.0 Å². The highest BCUT2D eigenvalue weighted by atomic mass is 16.3. The van der Waals surface area contributed by atoms with Gasteiger partial charge in [-0.2, -0.15) is 0 Å². The summed E-state index contributed by atoms with van der Waals surface area (Å²) in [5, 5.41) is 1.28. The number of para-hydroxylation sites is 1. The number of aryl methyl sites for hydroxylation is 4. The molecule has 0 radical (unpaired) electrons. The summed E-state index contributed by atoms with van der Waals surface area (Å²) in [5.41, 5.74) is 0.403. The molecule has 2 heterocycles. The number of hydrogen-bond acceptors (Lipinski definition) is 2. The number of nitrogens with zero attached hydrogens (tertiary/aromatic N) is 1. The summed E-state index contributed by atoms with van der Waals surface area (Å²) < 4.78 is 123. The third kappa shape index (κ3) is 4.84. The van der Waals surface area contributed by atoms with Gasteiger partial charge in [-0.05, 0) is 107 Å². The van der Waals surface area contributed by atoms with Gasteiger partial charge in [-0.25, -0.2) is 0 Å². The van der Waals surface area contributed by atoms with Gasteiger partial charge in [0.2, 0.25) is 0 Å². The van der Waals surface area contributed by atoms with Crippen LogP contribution in [0, 0.1) is 32.8 Å². The number of hydrogen-bond donors (Lipinski definition) is 0. The maximum absolute atomic E-state index is 8.65. The monoisotopic (exact) mass is 537 g/mol. The SMILES string of the molecule is [2H]C([2H])([2H])c1ccc2c(c1)oc1c(-c3cc(-c4cc(C([2H])([2H])[2H])c(-c5ccc(C([2H])([2H])C(C)(C)C)cc5)cc4C([2H])([2H])[2H])c(C([2H])([2H])[2H])cn3)cccc12. The molecule has 6 rings (SSSR count). The van der Waals surface area contributed by atoms with Crippen LogP contribution in [0.1, 0.15) is 67.8 Å². The van der Waals surface area contributed by atoms with E-state index in [0.29, 0.717) is 38.6 Å². The highest BCUT2D eigenvalue weighted by Crippen LogP contribution is 2.39. The molecular formula is C38H37NO. The van der Waals surface area contributed by atoms with Gasteiger partial charge in [-0.1, -0.05) is 81.4 Å². The predicted octanol–water partition coefficient (Wildman–Crippen LogP) is 10.8. The molecule has 0 bridgehead atoms. The Labute approximate surface area is 257 Å². The van der Waals surface area contributed by atoms with Gasteiger partial charge in [0.15, 0.2) is 0 Å². The van der Waals surface area contributed by atoms with Gasteiger partial charge in [-0.15, -0.1) is 0 Å². The van der Waals surface area contributed by atoms with Crippen molar-refractivity contribution in [3.8, 4) is 33.5 Å². The first-order valence-electron chi connectivity index (χ1n) is 20.0. The third-order valence-corrected chi connectivity index (χ3v) is 6.84. The van der Waals surface area contributed by atoms with Crippen LogP contribution in [-0.2, 0) is 6.37 Å². The number of pyridine rings is 1. The van der Waals surface area contributed by atoms with E-state index < -0.39 is 39.2 Å². The van der Waals surface area contributed by atoms with E-state index in [1.165, 1.54) is 30.3 Å². The Balaban J connectivity index is 1.61. The molecule has 0 spiro atoms. The van der Waals surface area contributed by atoms with E-state index in [2.05, 4.69) is 4.98 Å². The van der Waals surface area contributed by atoms with Crippen LogP contribution in [-0.4, -0.2) is 4.98 Å². The molecule has 2 heteroatoms. The van der Waals surface area contributed by atoms with Gasteiger partial charge in [-0.3, -0.25) is 4.98 Å². The average Bonchev–Trinajstić information content (AvgIpc) is 3.44. The summed E-state index contributed by atoms with van der Waals surface area (Å²) in [5.74, 6) is 0. The molecule has 0 saturated heterocycles. The fraction of sp³-hybridized carbons (Fsp3) is 0.237. The zero-order chi connectivity index (χ0) is 40.0. The minimum atomic E-state index is -2.84. The number of furan rings is 1. The lowest BCUT2D eigenvalue weighted by Gasteiger charge is -2.19. The molecule has 4 aromatic carbocycles. The van der Waals surface area contributed by atoms with Gasteiger partial charge in [0, 0.05) is 41.7 Å². The van der Waals surface area contributed by atoms with E-state index in [0.717, 1.165) is 6.20 Å². The van der Waals surface area contributed by atoms with Crippen molar-refractivity contribution in [2.75, 3.05) is 0 Å². The number of benzene rings is 4. The minimum Gasteiger partial charge on any atom is -0.455 e. The molecule has 40 heavy (non-hydrogen) atoms. The normalized spacial score (nSPS) is 18.8. The van der Waals surface area contributed by atoms with Crippen LogP contribution in [0.25, 0.3) is 55.4 Å². The van der Waals surface area contributed by atoms with Crippen molar-refractivity contribution in [3.63, 3.8) is 0 Å². The smallest absolute Gasteiger partial charge is 0.144 e. The zero-order valence-electron chi connectivity index (χ0n) is 36.4. The lowest BCUT2D eigenvalue weighted by atomic mass is 9.87. The molecule has 0 aliphatic heterocycles. The Morgan fingerprint density at radius 3 is 2.23 bits per heavy atom. The van der Waals surface area contributed by atoms with Gasteiger partial charge >= 0.3 is 0 Å². The van der Waals surface area contributed by atoms with Crippen LogP contribution in [0.4, 0.5) is 0 Å². The van der Waals surface area contributed by atoms with Gasteiger partial charge in [0.25, 0.3) is 0 Å². The van der Waals surface area contributed by atoms with Crippen molar-refractivity contribution in [3.05, 3.63) is 113 Å². The number of fused-ring (bicyclic) bond motifs is 3. The second-order valence-electron chi connectivity index (χ2n) is 11.0. The van der Waals surface area contributed by atoms with Gasteiger partial charge in [0.1, 0.15) is 11.2 Å². The predicted molar refractivity (Wildman–Crippen MR) is 170 cm³/mol. The van der Waals surface area contributed by atoms with E-state index in [-0.39, 0.29) is 44.6 Å². The molecule has 0 aliphatic carbocycles. The lowest BCUT2D eigenvalue weighted by molar-refractivity contribution is 0.411. The highest BCUT2D eigenvalue weighted by molar-refractivity contribution is 6.09. The van der Waals surface area contributed by atoms with Crippen molar-refractivity contribution in [1.82, 2.24) is 4.98 Å². The summed E-state index contributed by atoms with van der Waals surface area (Å²) in [4.78, 5) is 4.46. The first-order valence-corrected chi connectivity index (χ1v) is 13.0. The highest BCUT2D eigenvalue weighted by Gasteiger charge is 2.17. The van der Waals surface area contributed by atoms with Crippen LogP contribution in [0.3, 0.4) is 0 Å². The maximum atomic E-state index is 8.65. The van der Waals surface area contributed by atoms with Crippen LogP contribution in [0.2, 0.25) is 0 Å². The molecule has 0 aliphatic rings. The third-order valence-electron chi connectivity index (χ3n) is 6.84. The molecule has 0 amide bonds. The Morgan fingerprint density at radius 2 is 1.48 bits per heavy atom. The molecule has 6 aromatic rings. The van der Waals surface area contributed by atoms with Gasteiger partial charge < -0.3 is 4.42 Å². The summed E-state index contributed by atoms with van der Waals surface area (Å²) in [7, 11) is 0. The maximum Gasteiger partial charge on any atom is 0.144 e. The Bertz CT molecular complexity index is 2390. The van der Waals surface area contributed by atoms with Crippen LogP contribution < -0.4 is 0 Å². The summed E-state index contributed by atoms with van der Waals surface area (Å²) in [6, 6.07) is 19.9. The van der Waals surface area contributed by atoms with Crippen molar-refractivity contribution in [2.45, 2.75) is 54.6 Å². The van der Waals surface area contributed by atoms with E-state index in [4.69, 9.17) is 23.6 Å². The zero-order valence-corrected chi connectivity index (χ0v) is 22.4. The lowest BCUT2D eigenvalue weighted by Crippen LogP contribution is -2.08. The largest absolute Gasteiger partial charge is 0.455 e. The summed E-state index contributed by atoms with van der Waals surface area (Å²) in [6.45, 7) is -5.47.